The zero-order valence-electron chi connectivity index (χ0n) is 21.6. The Kier molecular flexibility index (Phi) is 18.0. The molecule has 1 saturated heterocycles. The molecule has 0 amide bonds. The summed E-state index contributed by atoms with van der Waals surface area (Å²) in [7, 11) is 0. The van der Waals surface area contributed by atoms with Crippen LogP contribution < -0.4 is 0 Å². The average Bonchev–Trinajstić information content (AvgIpc) is 2.77. The number of aliphatic carboxylic acids is 1. The van der Waals surface area contributed by atoms with E-state index in [2.05, 4.69) is 13.8 Å². The van der Waals surface area contributed by atoms with E-state index in [1.165, 1.54) is 77.0 Å². The number of β-amino-alcohol motifs (C(OH)–C–C–N with tert-alkyl or cyclic N) is 1. The molecule has 1 fully saturated rings. The van der Waals surface area contributed by atoms with Crippen molar-refractivity contribution >= 4 is 5.97 Å². The second kappa shape index (κ2) is 19.6. The molecule has 1 aliphatic rings. The number of unbranched alkanes of at least 4 members (excludes halogenated alkanes) is 14. The Morgan fingerprint density at radius 1 is 0.848 bits per heavy atom. The molecule has 0 radical (unpaired) electrons. The van der Waals surface area contributed by atoms with Crippen molar-refractivity contribution in [3.05, 3.63) is 0 Å². The Bertz CT molecular complexity index is 473. The lowest BCUT2D eigenvalue weighted by atomic mass is 10.0. The topological polar surface area (TPSA) is 90.2 Å². The SMILES string of the molecule is CCCCCCCCCCC(O)CN1CC(CCCCCCCCCC)OC(O)C1C(=O)O. The minimum absolute atomic E-state index is 0.175. The van der Waals surface area contributed by atoms with Gasteiger partial charge in [-0.1, -0.05) is 117 Å². The number of aliphatic hydroxyl groups excluding tert-OH is 2. The Morgan fingerprint density at radius 3 is 1.85 bits per heavy atom. The lowest BCUT2D eigenvalue weighted by Crippen LogP contribution is -2.59. The quantitative estimate of drug-likeness (QED) is 0.181. The third-order valence-electron chi connectivity index (χ3n) is 6.90. The van der Waals surface area contributed by atoms with Crippen LogP contribution in [0.4, 0.5) is 0 Å². The molecule has 33 heavy (non-hydrogen) atoms. The van der Waals surface area contributed by atoms with Crippen LogP contribution in [0.15, 0.2) is 0 Å². The number of carbonyl (C=O) groups is 1. The first-order chi connectivity index (χ1) is 16.0. The molecule has 0 spiro atoms. The summed E-state index contributed by atoms with van der Waals surface area (Å²) in [5.41, 5.74) is 0. The Morgan fingerprint density at radius 2 is 1.33 bits per heavy atom. The number of rotatable bonds is 21. The molecule has 4 atom stereocenters. The fourth-order valence-electron chi connectivity index (χ4n) is 4.88. The lowest BCUT2D eigenvalue weighted by Gasteiger charge is -2.41. The van der Waals surface area contributed by atoms with Gasteiger partial charge in [0.25, 0.3) is 0 Å². The molecular weight excluding hydrogens is 418 g/mol. The second-order valence-corrected chi connectivity index (χ2v) is 10.1. The smallest absolute Gasteiger partial charge is 0.326 e. The molecule has 0 aromatic heterocycles. The summed E-state index contributed by atoms with van der Waals surface area (Å²) < 4.78 is 5.64. The number of nitrogens with zero attached hydrogens (tertiary/aromatic N) is 1. The van der Waals surface area contributed by atoms with Crippen LogP contribution in [0.1, 0.15) is 129 Å². The van der Waals surface area contributed by atoms with E-state index in [-0.39, 0.29) is 12.6 Å². The molecular formula is C27H53NO5. The van der Waals surface area contributed by atoms with Crippen molar-refractivity contribution in [2.45, 2.75) is 154 Å². The maximum atomic E-state index is 11.7. The van der Waals surface area contributed by atoms with Crippen LogP contribution in [0.2, 0.25) is 0 Å². The number of morpholine rings is 1. The number of carboxylic acids is 1. The van der Waals surface area contributed by atoms with Crippen LogP contribution in [0.5, 0.6) is 0 Å². The monoisotopic (exact) mass is 471 g/mol. The zero-order chi connectivity index (χ0) is 24.3. The van der Waals surface area contributed by atoms with Gasteiger partial charge < -0.3 is 20.1 Å². The van der Waals surface area contributed by atoms with Crippen molar-refractivity contribution in [1.82, 2.24) is 4.90 Å². The van der Waals surface area contributed by atoms with Crippen LogP contribution in [0, 0.1) is 0 Å². The highest BCUT2D eigenvalue weighted by molar-refractivity contribution is 5.74. The molecule has 1 heterocycles. The van der Waals surface area contributed by atoms with E-state index in [9.17, 15) is 20.1 Å². The van der Waals surface area contributed by atoms with Crippen LogP contribution in [0.3, 0.4) is 0 Å². The molecule has 196 valence electrons. The molecule has 0 aromatic carbocycles. The predicted octanol–water partition coefficient (Wildman–Crippen LogP) is 5.88. The number of carboxylic acid groups (broad SMARTS) is 1. The molecule has 3 N–H and O–H groups in total. The normalized spacial score (nSPS) is 22.5. The highest BCUT2D eigenvalue weighted by atomic mass is 16.6. The summed E-state index contributed by atoms with van der Waals surface area (Å²) in [4.78, 5) is 13.4. The van der Waals surface area contributed by atoms with Crippen molar-refractivity contribution in [2.24, 2.45) is 0 Å². The van der Waals surface area contributed by atoms with E-state index >= 15 is 0 Å². The number of aliphatic hydroxyl groups is 2. The van der Waals surface area contributed by atoms with Crippen molar-refractivity contribution in [3.8, 4) is 0 Å². The maximum absolute atomic E-state index is 11.7. The van der Waals surface area contributed by atoms with Crippen LogP contribution in [-0.2, 0) is 9.53 Å². The van der Waals surface area contributed by atoms with Gasteiger partial charge in [0.2, 0.25) is 0 Å². The highest BCUT2D eigenvalue weighted by Gasteiger charge is 2.41. The van der Waals surface area contributed by atoms with Gasteiger partial charge in [-0.15, -0.1) is 0 Å². The molecule has 1 aliphatic heterocycles. The molecule has 0 bridgehead atoms. The zero-order valence-corrected chi connectivity index (χ0v) is 21.6. The van der Waals surface area contributed by atoms with E-state index in [4.69, 9.17) is 4.74 Å². The van der Waals surface area contributed by atoms with Gasteiger partial charge in [0.1, 0.15) is 0 Å². The molecule has 0 saturated carbocycles. The largest absolute Gasteiger partial charge is 0.480 e. The first-order valence-corrected chi connectivity index (χ1v) is 14.0. The minimum atomic E-state index is -1.34. The van der Waals surface area contributed by atoms with Gasteiger partial charge in [-0.05, 0) is 12.8 Å². The second-order valence-electron chi connectivity index (χ2n) is 10.1. The fourth-order valence-corrected chi connectivity index (χ4v) is 4.88. The highest BCUT2D eigenvalue weighted by Crippen LogP contribution is 2.23. The Hall–Kier alpha value is -0.690. The number of ether oxygens (including phenoxy) is 1. The molecule has 1 rings (SSSR count). The van der Waals surface area contributed by atoms with Gasteiger partial charge in [0, 0.05) is 13.1 Å². The summed E-state index contributed by atoms with van der Waals surface area (Å²) in [5.74, 6) is -1.09. The van der Waals surface area contributed by atoms with Crippen LogP contribution >= 0.6 is 0 Å². The predicted molar refractivity (Wildman–Crippen MR) is 134 cm³/mol. The van der Waals surface area contributed by atoms with Crippen molar-refractivity contribution in [2.75, 3.05) is 13.1 Å². The summed E-state index contributed by atoms with van der Waals surface area (Å²) >= 11 is 0. The third kappa shape index (κ3) is 14.3. The molecule has 4 unspecified atom stereocenters. The van der Waals surface area contributed by atoms with E-state index in [1.807, 2.05) is 0 Å². The van der Waals surface area contributed by atoms with Crippen LogP contribution in [0.25, 0.3) is 0 Å². The van der Waals surface area contributed by atoms with Gasteiger partial charge in [0.05, 0.1) is 12.2 Å². The van der Waals surface area contributed by atoms with Gasteiger partial charge in [-0.25, -0.2) is 0 Å². The molecule has 0 aromatic rings. The first-order valence-electron chi connectivity index (χ1n) is 14.0. The standard InChI is InChI=1S/C27H53NO5/c1-3-5-7-9-11-13-15-17-19-23(29)21-28-22-24(33-27(32)25(28)26(30)31)20-18-16-14-12-10-8-6-4-2/h23-25,27,29,32H,3-22H2,1-2H3,(H,30,31). The summed E-state index contributed by atoms with van der Waals surface area (Å²) in [6.07, 6.45) is 19.0. The molecule has 6 nitrogen and oxygen atoms in total. The van der Waals surface area contributed by atoms with E-state index < -0.39 is 24.4 Å². The van der Waals surface area contributed by atoms with Crippen molar-refractivity contribution in [1.29, 1.82) is 0 Å². The third-order valence-corrected chi connectivity index (χ3v) is 6.90. The molecule has 0 aliphatic carbocycles. The average molecular weight is 472 g/mol. The fraction of sp³-hybridized carbons (Fsp3) is 0.963. The van der Waals surface area contributed by atoms with E-state index in [0.717, 1.165) is 32.1 Å². The maximum Gasteiger partial charge on any atom is 0.326 e. The number of hydrogen-bond acceptors (Lipinski definition) is 5. The summed E-state index contributed by atoms with van der Waals surface area (Å²) in [5, 5.41) is 30.4. The van der Waals surface area contributed by atoms with Crippen molar-refractivity contribution < 1.29 is 24.9 Å². The van der Waals surface area contributed by atoms with E-state index in [1.54, 1.807) is 4.90 Å². The Balaban J connectivity index is 2.31. The van der Waals surface area contributed by atoms with Gasteiger partial charge in [-0.2, -0.15) is 0 Å². The first kappa shape index (κ1) is 30.3. The minimum Gasteiger partial charge on any atom is -0.480 e. The molecule has 6 heteroatoms. The summed E-state index contributed by atoms with van der Waals surface area (Å²) in [6, 6.07) is -1.10. The Labute approximate surface area is 203 Å². The lowest BCUT2D eigenvalue weighted by molar-refractivity contribution is -0.223. The van der Waals surface area contributed by atoms with Gasteiger partial charge >= 0.3 is 5.97 Å². The van der Waals surface area contributed by atoms with E-state index in [0.29, 0.717) is 13.0 Å². The van der Waals surface area contributed by atoms with Gasteiger partial charge in [-0.3, -0.25) is 9.69 Å². The van der Waals surface area contributed by atoms with Gasteiger partial charge in [0.15, 0.2) is 12.3 Å². The van der Waals surface area contributed by atoms with Crippen molar-refractivity contribution in [3.63, 3.8) is 0 Å². The summed E-state index contributed by atoms with van der Waals surface area (Å²) in [6.45, 7) is 5.19. The van der Waals surface area contributed by atoms with Crippen LogP contribution in [-0.4, -0.2) is 63.8 Å². The number of hydrogen-bond donors (Lipinski definition) is 3.